The molecule has 0 atom stereocenters. The van der Waals surface area contributed by atoms with Gasteiger partial charge in [-0.25, -0.2) is 23.7 Å². The van der Waals surface area contributed by atoms with Crippen molar-refractivity contribution in [2.75, 3.05) is 59.0 Å². The number of hydrogen-bond acceptors (Lipinski definition) is 12. The lowest BCUT2D eigenvalue weighted by Gasteiger charge is -2.17. The fourth-order valence-corrected chi connectivity index (χ4v) is 6.49. The highest BCUT2D eigenvalue weighted by atomic mass is 32.2. The van der Waals surface area contributed by atoms with Crippen molar-refractivity contribution in [3.63, 3.8) is 0 Å². The van der Waals surface area contributed by atoms with E-state index in [1.54, 1.807) is 0 Å². The number of unbranched alkanes of at least 4 members (excludes halogenated alkanes) is 2. The maximum absolute atomic E-state index is 14.9. The molecule has 0 aliphatic heterocycles. The predicted octanol–water partition coefficient (Wildman–Crippen LogP) is 3.14. The first kappa shape index (κ1) is 44.9. The zero-order valence-corrected chi connectivity index (χ0v) is 31.8. The van der Waals surface area contributed by atoms with Gasteiger partial charge in [-0.1, -0.05) is 0 Å². The number of nitrogens with zero attached hydrogens (tertiary/aromatic N) is 4. The summed E-state index contributed by atoms with van der Waals surface area (Å²) >= 11 is 2.33. The topological polar surface area (TPSA) is 297 Å². The van der Waals surface area contributed by atoms with Crippen LogP contribution in [0.25, 0.3) is 0 Å². The highest BCUT2D eigenvalue weighted by molar-refractivity contribution is 7.99. The number of amides is 4. The fraction of sp³-hybridized carbons (Fsp3) is 0.353. The molecule has 3 aromatic rings. The van der Waals surface area contributed by atoms with Crippen LogP contribution in [0.1, 0.15) is 59.5 Å². The van der Waals surface area contributed by atoms with Crippen LogP contribution in [0.2, 0.25) is 0 Å². The van der Waals surface area contributed by atoms with Crippen LogP contribution < -0.4 is 49.9 Å². The lowest BCUT2D eigenvalue weighted by Crippen LogP contribution is -2.23. The van der Waals surface area contributed by atoms with Gasteiger partial charge in [0.05, 0.1) is 32.5 Å². The van der Waals surface area contributed by atoms with Crippen LogP contribution in [0.5, 0.6) is 0 Å². The van der Waals surface area contributed by atoms with Crippen molar-refractivity contribution < 1.29 is 32.3 Å². The van der Waals surface area contributed by atoms with E-state index in [1.807, 2.05) is 0 Å². The first-order chi connectivity index (χ1) is 26.8. The summed E-state index contributed by atoms with van der Waals surface area (Å²) < 4.78 is 42.3. The molecule has 17 nitrogen and oxygen atoms in total. The Bertz CT molecular complexity index is 1780. The van der Waals surface area contributed by atoms with Gasteiger partial charge in [-0.05, 0) is 49.9 Å². The number of thioether (sulfide) groups is 2. The van der Waals surface area contributed by atoms with Gasteiger partial charge in [0.25, 0.3) is 17.9 Å². The summed E-state index contributed by atoms with van der Waals surface area (Å²) in [4.78, 5) is 68.1. The number of anilines is 4. The minimum Gasteiger partial charge on any atom is -0.370 e. The quantitative estimate of drug-likeness (QED) is 0.0232. The van der Waals surface area contributed by atoms with E-state index in [0.717, 1.165) is 48.4 Å². The van der Waals surface area contributed by atoms with Crippen molar-refractivity contribution >= 4 is 82.0 Å². The minimum absolute atomic E-state index is 0.00853. The number of nitrogens with one attached hydrogen (secondary N) is 4. The number of aromatic nitrogens is 2. The van der Waals surface area contributed by atoms with E-state index >= 15 is 0 Å². The van der Waals surface area contributed by atoms with Crippen LogP contribution in [0.4, 0.5) is 35.9 Å². The van der Waals surface area contributed by atoms with Crippen molar-refractivity contribution in [2.45, 2.75) is 48.3 Å². The van der Waals surface area contributed by atoms with E-state index in [9.17, 15) is 32.3 Å². The molecule has 302 valence electrons. The number of halogens is 3. The van der Waals surface area contributed by atoms with Crippen molar-refractivity contribution in [1.82, 2.24) is 9.97 Å². The van der Waals surface area contributed by atoms with Crippen LogP contribution in [0.3, 0.4) is 0 Å². The van der Waals surface area contributed by atoms with Crippen LogP contribution in [0.15, 0.2) is 56.4 Å². The second-order valence-electron chi connectivity index (χ2n) is 11.7. The van der Waals surface area contributed by atoms with Gasteiger partial charge in [-0.2, -0.15) is 4.39 Å². The van der Waals surface area contributed by atoms with Gasteiger partial charge in [0.1, 0.15) is 29.3 Å². The standard InChI is InChI=1S/C34H44F3N13O4S2/c35-19-13-21(47-27(51)5-1-3-9-43-33(37)40)29(55-11-7-38)23(15-19)49-31(53)25-17-26(46-18-45-25)32(54)50-24-16-20(36)14-22(30(24)56-12-8-39)48-28(52)6-2-4-10-44-34(41)42/h13-18H,1-12,38-39H2,(H2,40,43)(H,47,51)(H,48,52)(H,49,53)(H,50,54)(H4,41,42,44). The summed E-state index contributed by atoms with van der Waals surface area (Å²) in [5.74, 6) is -3.44. The van der Waals surface area contributed by atoms with Gasteiger partial charge in [0, 0.05) is 56.6 Å². The Labute approximate surface area is 329 Å². The van der Waals surface area contributed by atoms with Gasteiger partial charge in [-0.15, -0.1) is 23.5 Å². The monoisotopic (exact) mass is 819 g/mol. The Morgan fingerprint density at radius 2 is 1.04 bits per heavy atom. The lowest BCUT2D eigenvalue weighted by atomic mass is 10.2. The molecule has 0 saturated heterocycles. The smallest absolute Gasteiger partial charge is 0.275 e. The molecular weight excluding hydrogens is 776 g/mol. The summed E-state index contributed by atoms with van der Waals surface area (Å²) in [5, 5.41) is 10.5. The van der Waals surface area contributed by atoms with Crippen molar-refractivity contribution in [3.05, 3.63) is 59.7 Å². The summed E-state index contributed by atoms with van der Waals surface area (Å²) in [6.45, 7) is 0.897. The van der Waals surface area contributed by atoms with E-state index in [-0.39, 0.29) is 72.6 Å². The molecule has 1 aromatic heterocycles. The molecule has 0 aliphatic rings. The molecule has 0 aliphatic carbocycles. The van der Waals surface area contributed by atoms with Gasteiger partial charge >= 0.3 is 0 Å². The van der Waals surface area contributed by atoms with Gasteiger partial charge < -0.3 is 49.9 Å². The molecule has 2 aromatic carbocycles. The first-order valence-corrected chi connectivity index (χ1v) is 19.2. The lowest BCUT2D eigenvalue weighted by molar-refractivity contribution is -0.117. The molecule has 0 unspecified atom stereocenters. The number of aliphatic imine (C=N–C) groups is 2. The Morgan fingerprint density at radius 1 is 0.625 bits per heavy atom. The number of nitrogens with two attached hydrogens (primary N) is 5. The maximum atomic E-state index is 14.9. The normalized spacial score (nSPS) is 11.1. The molecule has 14 N–H and O–H groups in total. The van der Waals surface area contributed by atoms with Crippen LogP contribution in [0, 0.1) is 11.6 Å². The number of rotatable bonds is 22. The molecule has 0 fully saturated rings. The van der Waals surface area contributed by atoms with Crippen LogP contribution >= 0.6 is 23.5 Å². The molecule has 0 bridgehead atoms. The highest BCUT2D eigenvalue weighted by Gasteiger charge is 2.21. The summed E-state index contributed by atoms with van der Waals surface area (Å²) in [5.41, 5.74) is 26.5. The molecule has 56 heavy (non-hydrogen) atoms. The average molecular weight is 820 g/mol. The fourth-order valence-electron chi connectivity index (χ4n) is 4.78. The molecular formula is C34H44F3N13O4S2. The van der Waals surface area contributed by atoms with Gasteiger partial charge in [0.2, 0.25) is 11.8 Å². The Kier molecular flexibility index (Phi) is 18.8. The molecule has 22 heteroatoms. The molecule has 0 radical (unpaired) electrons. The van der Waals surface area contributed by atoms with Crippen LogP contribution in [-0.4, -0.2) is 83.3 Å². The second-order valence-corrected chi connectivity index (χ2v) is 13.9. The number of guanidine groups is 1. The SMILES string of the molecule is NCCSc1c(NC(=O)CCCCN=C(N)N)cc(F)cc1NC(=O)c1cc(C(=O)Nc2cc(F)cc(NC(=O)CCCCN=C(N)F)c2SCCN)ncn1. The van der Waals surface area contributed by atoms with Gasteiger partial charge in [0.15, 0.2) is 5.96 Å². The van der Waals surface area contributed by atoms with Gasteiger partial charge in [-0.3, -0.25) is 24.2 Å². The molecule has 1 heterocycles. The Morgan fingerprint density at radius 3 is 1.43 bits per heavy atom. The maximum Gasteiger partial charge on any atom is 0.275 e. The zero-order valence-electron chi connectivity index (χ0n) is 30.2. The number of benzene rings is 2. The zero-order chi connectivity index (χ0) is 41.0. The van der Waals surface area contributed by atoms with Crippen molar-refractivity contribution in [3.8, 4) is 0 Å². The summed E-state index contributed by atoms with van der Waals surface area (Å²) in [6, 6.07) is 5.40. The Hall–Kier alpha value is -5.45. The third-order valence-electron chi connectivity index (χ3n) is 7.19. The van der Waals surface area contributed by atoms with Crippen LogP contribution in [-0.2, 0) is 9.59 Å². The Balaban J connectivity index is 1.80. The predicted molar refractivity (Wildman–Crippen MR) is 214 cm³/mol. The van der Waals surface area contributed by atoms with E-state index in [0.29, 0.717) is 53.5 Å². The number of hydrogen-bond donors (Lipinski definition) is 9. The van der Waals surface area contributed by atoms with Crippen molar-refractivity contribution in [2.24, 2.45) is 38.7 Å². The number of carbonyl (C=O) groups excluding carboxylic acids is 4. The molecule has 4 amide bonds. The second kappa shape index (κ2) is 23.5. The first-order valence-electron chi connectivity index (χ1n) is 17.2. The number of amidine groups is 1. The third kappa shape index (κ3) is 15.4. The summed E-state index contributed by atoms with van der Waals surface area (Å²) in [6.07, 6.45) is 1.77. The largest absolute Gasteiger partial charge is 0.370 e. The van der Waals surface area contributed by atoms with E-state index in [2.05, 4.69) is 41.2 Å². The minimum atomic E-state index is -1.05. The molecule has 0 saturated carbocycles. The van der Waals surface area contributed by atoms with E-state index < -0.39 is 41.4 Å². The third-order valence-corrected chi connectivity index (χ3v) is 9.53. The molecule has 3 rings (SSSR count). The number of carbonyl (C=O) groups is 4. The average Bonchev–Trinajstić information content (AvgIpc) is 3.13. The molecule has 0 spiro atoms. The highest BCUT2D eigenvalue weighted by Crippen LogP contribution is 2.37. The summed E-state index contributed by atoms with van der Waals surface area (Å²) in [7, 11) is 0. The van der Waals surface area contributed by atoms with E-state index in [4.69, 9.17) is 28.7 Å². The van der Waals surface area contributed by atoms with Crippen molar-refractivity contribution in [1.29, 1.82) is 0 Å². The van der Waals surface area contributed by atoms with E-state index in [1.165, 1.54) is 11.8 Å².